The molecule has 1 spiro atoms. The van der Waals surface area contributed by atoms with Crippen LogP contribution in [0, 0.1) is 6.92 Å². The zero-order valence-electron chi connectivity index (χ0n) is 16.7. The van der Waals surface area contributed by atoms with Gasteiger partial charge in [0.25, 0.3) is 0 Å². The molecule has 150 valence electrons. The SMILES string of the molecule is Cc1ccc(N=C2N=C(SCC(N)=O)N(c3ccccc3)C23CCCCC3)cc1. The number of hydrogen-bond donors (Lipinski definition) is 1. The number of anilines is 1. The number of aryl methyl sites for hydroxylation is 1. The number of carbonyl (C=O) groups excluding carboxylic acids is 1. The van der Waals surface area contributed by atoms with Crippen LogP contribution in [0.4, 0.5) is 11.4 Å². The molecule has 1 aliphatic carbocycles. The largest absolute Gasteiger partial charge is 0.369 e. The second kappa shape index (κ2) is 8.41. The van der Waals surface area contributed by atoms with E-state index in [1.54, 1.807) is 0 Å². The summed E-state index contributed by atoms with van der Waals surface area (Å²) in [6, 6.07) is 18.5. The van der Waals surface area contributed by atoms with Crippen LogP contribution in [0.15, 0.2) is 64.6 Å². The van der Waals surface area contributed by atoms with Gasteiger partial charge in [-0.1, -0.05) is 66.9 Å². The summed E-state index contributed by atoms with van der Waals surface area (Å²) in [6.45, 7) is 2.07. The standard InChI is InChI=1S/C23H26N4OS/c1-17-10-12-18(13-11-17)25-21-23(14-6-3-7-15-23)27(19-8-4-2-5-9-19)22(26-21)29-16-20(24)28/h2,4-5,8-13H,3,6-7,14-16H2,1H3,(H2,24,28). The molecule has 5 nitrogen and oxygen atoms in total. The number of thioether (sulfide) groups is 1. The molecular formula is C23H26N4OS. The molecule has 0 radical (unpaired) electrons. The van der Waals surface area contributed by atoms with E-state index in [-0.39, 0.29) is 17.2 Å². The van der Waals surface area contributed by atoms with Crippen molar-refractivity contribution in [3.8, 4) is 0 Å². The molecule has 0 unspecified atom stereocenters. The maximum Gasteiger partial charge on any atom is 0.227 e. The Bertz CT molecular complexity index is 931. The minimum absolute atomic E-state index is 0.204. The van der Waals surface area contributed by atoms with Crippen LogP contribution >= 0.6 is 11.8 Å². The van der Waals surface area contributed by atoms with Gasteiger partial charge in [0.1, 0.15) is 5.54 Å². The summed E-state index contributed by atoms with van der Waals surface area (Å²) in [7, 11) is 0. The Morgan fingerprint density at radius 3 is 2.45 bits per heavy atom. The number of aliphatic imine (C=N–C) groups is 2. The molecule has 2 aliphatic rings. The third kappa shape index (κ3) is 4.08. The van der Waals surface area contributed by atoms with Crippen molar-refractivity contribution in [3.05, 3.63) is 60.2 Å². The molecule has 1 heterocycles. The van der Waals surface area contributed by atoms with Gasteiger partial charge >= 0.3 is 0 Å². The predicted molar refractivity (Wildman–Crippen MR) is 122 cm³/mol. The van der Waals surface area contributed by atoms with Gasteiger partial charge in [0.2, 0.25) is 5.91 Å². The van der Waals surface area contributed by atoms with E-state index in [0.29, 0.717) is 0 Å². The molecule has 0 atom stereocenters. The molecule has 2 aromatic rings. The summed E-state index contributed by atoms with van der Waals surface area (Å²) in [5.41, 5.74) is 8.36. The van der Waals surface area contributed by atoms with Crippen molar-refractivity contribution in [2.75, 3.05) is 10.7 Å². The smallest absolute Gasteiger partial charge is 0.227 e. The lowest BCUT2D eigenvalue weighted by atomic mass is 9.79. The first-order valence-electron chi connectivity index (χ1n) is 10.1. The monoisotopic (exact) mass is 406 g/mol. The van der Waals surface area contributed by atoms with E-state index in [2.05, 4.69) is 36.1 Å². The van der Waals surface area contributed by atoms with Crippen LogP contribution in [-0.4, -0.2) is 28.2 Å². The summed E-state index contributed by atoms with van der Waals surface area (Å²) in [6.07, 6.45) is 5.50. The van der Waals surface area contributed by atoms with Crippen molar-refractivity contribution in [2.45, 2.75) is 44.6 Å². The molecule has 1 saturated carbocycles. The lowest BCUT2D eigenvalue weighted by Crippen LogP contribution is -2.52. The highest BCUT2D eigenvalue weighted by Gasteiger charge is 2.49. The van der Waals surface area contributed by atoms with Crippen LogP contribution in [0.5, 0.6) is 0 Å². The van der Waals surface area contributed by atoms with Gasteiger partial charge in [-0.25, -0.2) is 9.98 Å². The zero-order chi connectivity index (χ0) is 20.3. The average molecular weight is 407 g/mol. The summed E-state index contributed by atoms with van der Waals surface area (Å²) < 4.78 is 0. The Labute approximate surface area is 176 Å². The molecule has 6 heteroatoms. The van der Waals surface area contributed by atoms with Gasteiger partial charge in [-0.15, -0.1) is 0 Å². The Kier molecular flexibility index (Phi) is 5.72. The summed E-state index contributed by atoms with van der Waals surface area (Å²) >= 11 is 1.40. The number of nitrogens with two attached hydrogens (primary N) is 1. The van der Waals surface area contributed by atoms with Crippen molar-refractivity contribution >= 4 is 40.0 Å². The molecule has 2 N–H and O–H groups in total. The fourth-order valence-corrected chi connectivity index (χ4v) is 4.98. The highest BCUT2D eigenvalue weighted by Crippen LogP contribution is 2.44. The Hall–Kier alpha value is -2.60. The third-order valence-electron chi connectivity index (χ3n) is 5.54. The molecule has 1 amide bonds. The molecule has 4 rings (SSSR count). The summed E-state index contributed by atoms with van der Waals surface area (Å²) in [5.74, 6) is 0.708. The van der Waals surface area contributed by atoms with Gasteiger partial charge in [-0.2, -0.15) is 0 Å². The average Bonchev–Trinajstić information content (AvgIpc) is 3.01. The van der Waals surface area contributed by atoms with E-state index >= 15 is 0 Å². The van der Waals surface area contributed by atoms with Crippen molar-refractivity contribution in [1.82, 2.24) is 0 Å². The minimum Gasteiger partial charge on any atom is -0.369 e. The first-order chi connectivity index (χ1) is 14.1. The number of hydrogen-bond acceptors (Lipinski definition) is 4. The van der Waals surface area contributed by atoms with Crippen LogP contribution in [0.25, 0.3) is 0 Å². The van der Waals surface area contributed by atoms with Gasteiger partial charge in [0, 0.05) is 5.69 Å². The van der Waals surface area contributed by atoms with E-state index in [0.717, 1.165) is 48.1 Å². The van der Waals surface area contributed by atoms with E-state index in [1.165, 1.54) is 23.7 Å². The summed E-state index contributed by atoms with van der Waals surface area (Å²) in [5, 5.41) is 0.808. The Morgan fingerprint density at radius 2 is 1.79 bits per heavy atom. The molecule has 1 aliphatic heterocycles. The molecule has 1 fully saturated rings. The van der Waals surface area contributed by atoms with E-state index in [1.807, 2.05) is 30.3 Å². The maximum absolute atomic E-state index is 11.5. The van der Waals surface area contributed by atoms with Crippen molar-refractivity contribution in [1.29, 1.82) is 0 Å². The fourth-order valence-electron chi connectivity index (χ4n) is 4.15. The topological polar surface area (TPSA) is 71.0 Å². The lowest BCUT2D eigenvalue weighted by Gasteiger charge is -2.42. The number of primary amides is 1. The predicted octanol–water partition coefficient (Wildman–Crippen LogP) is 4.82. The van der Waals surface area contributed by atoms with Crippen LogP contribution in [0.1, 0.15) is 37.7 Å². The highest BCUT2D eigenvalue weighted by atomic mass is 32.2. The summed E-state index contributed by atoms with van der Waals surface area (Å²) in [4.78, 5) is 23.7. The quantitative estimate of drug-likeness (QED) is 0.791. The van der Waals surface area contributed by atoms with Gasteiger partial charge in [-0.05, 0) is 44.0 Å². The van der Waals surface area contributed by atoms with Crippen LogP contribution in [-0.2, 0) is 4.79 Å². The first kappa shape index (κ1) is 19.7. The van der Waals surface area contributed by atoms with Gasteiger partial charge < -0.3 is 10.6 Å². The molecule has 0 saturated heterocycles. The number of nitrogens with zero attached hydrogens (tertiary/aromatic N) is 3. The van der Waals surface area contributed by atoms with Crippen LogP contribution in [0.3, 0.4) is 0 Å². The maximum atomic E-state index is 11.5. The van der Waals surface area contributed by atoms with Gasteiger partial charge in [-0.3, -0.25) is 4.79 Å². The fraction of sp³-hybridized carbons (Fsp3) is 0.348. The van der Waals surface area contributed by atoms with Crippen LogP contribution in [0.2, 0.25) is 0 Å². The van der Waals surface area contributed by atoms with Crippen molar-refractivity contribution in [3.63, 3.8) is 0 Å². The first-order valence-corrected chi connectivity index (χ1v) is 11.1. The van der Waals surface area contributed by atoms with Gasteiger partial charge in [0.15, 0.2) is 11.0 Å². The van der Waals surface area contributed by atoms with Gasteiger partial charge in [0.05, 0.1) is 11.4 Å². The normalized spacial score (nSPS) is 19.6. The van der Waals surface area contributed by atoms with E-state index < -0.39 is 0 Å². The van der Waals surface area contributed by atoms with E-state index in [4.69, 9.17) is 15.7 Å². The van der Waals surface area contributed by atoms with Crippen LogP contribution < -0.4 is 10.6 Å². The van der Waals surface area contributed by atoms with E-state index in [9.17, 15) is 4.79 Å². The Balaban J connectivity index is 1.81. The Morgan fingerprint density at radius 1 is 1.10 bits per heavy atom. The number of carbonyl (C=O) groups is 1. The third-order valence-corrected chi connectivity index (χ3v) is 6.51. The molecule has 0 bridgehead atoms. The highest BCUT2D eigenvalue weighted by molar-refractivity contribution is 8.14. The number of benzene rings is 2. The second-order valence-corrected chi connectivity index (χ2v) is 8.63. The molecule has 2 aromatic carbocycles. The number of para-hydroxylation sites is 1. The number of rotatable bonds is 4. The minimum atomic E-state index is -0.340. The van der Waals surface area contributed by atoms with Crippen molar-refractivity contribution < 1.29 is 4.79 Å². The number of amidine groups is 2. The molecular weight excluding hydrogens is 380 g/mol. The second-order valence-electron chi connectivity index (χ2n) is 7.68. The molecule has 0 aromatic heterocycles. The zero-order valence-corrected chi connectivity index (χ0v) is 17.5. The molecule has 29 heavy (non-hydrogen) atoms. The van der Waals surface area contributed by atoms with Crippen molar-refractivity contribution in [2.24, 2.45) is 15.7 Å². The number of amides is 1. The lowest BCUT2D eigenvalue weighted by molar-refractivity contribution is -0.115.